The third kappa shape index (κ3) is 4.63. The van der Waals surface area contributed by atoms with Crippen LogP contribution in [0.15, 0.2) is 0 Å². The number of alkyl halides is 3. The van der Waals surface area contributed by atoms with E-state index in [1.165, 1.54) is 0 Å². The number of carboxylic acids is 1. The van der Waals surface area contributed by atoms with Crippen LogP contribution < -0.4 is 5.32 Å². The maximum atomic E-state index is 12.6. The molecule has 20 heavy (non-hydrogen) atoms. The molecule has 2 N–H and O–H groups in total. The van der Waals surface area contributed by atoms with Crippen molar-refractivity contribution in [3.63, 3.8) is 0 Å². The van der Waals surface area contributed by atoms with Crippen molar-refractivity contribution in [1.82, 2.24) is 10.2 Å². The van der Waals surface area contributed by atoms with Gasteiger partial charge in [-0.25, -0.2) is 0 Å². The van der Waals surface area contributed by atoms with Gasteiger partial charge < -0.3 is 15.3 Å². The molecule has 1 aliphatic heterocycles. The van der Waals surface area contributed by atoms with Crippen LogP contribution in [0.4, 0.5) is 13.2 Å². The van der Waals surface area contributed by atoms with Crippen molar-refractivity contribution in [3.05, 3.63) is 0 Å². The van der Waals surface area contributed by atoms with E-state index in [-0.39, 0.29) is 19.4 Å². The van der Waals surface area contributed by atoms with Crippen molar-refractivity contribution in [3.8, 4) is 0 Å². The summed E-state index contributed by atoms with van der Waals surface area (Å²) in [5, 5.41) is 12.3. The Hall–Kier alpha value is -0.820. The van der Waals surface area contributed by atoms with Gasteiger partial charge >= 0.3 is 12.1 Å². The molecular weight excluding hydrogens is 273 g/mol. The van der Waals surface area contributed by atoms with Gasteiger partial charge in [0.05, 0.1) is 5.92 Å². The Morgan fingerprint density at radius 1 is 1.35 bits per heavy atom. The average Bonchev–Trinajstić information content (AvgIpc) is 2.35. The predicted molar refractivity (Wildman–Crippen MR) is 69.6 cm³/mol. The molecule has 0 aromatic heterocycles. The number of piperidine rings is 1. The summed E-state index contributed by atoms with van der Waals surface area (Å²) in [7, 11) is 0. The van der Waals surface area contributed by atoms with Gasteiger partial charge in [0.15, 0.2) is 0 Å². The molecule has 7 heteroatoms. The van der Waals surface area contributed by atoms with Crippen LogP contribution in [0, 0.1) is 5.92 Å². The molecule has 1 aliphatic rings. The van der Waals surface area contributed by atoms with Crippen LogP contribution in [0.1, 0.15) is 33.1 Å². The second kappa shape index (κ2) is 6.76. The number of carboxylic acid groups (broad SMARTS) is 1. The van der Waals surface area contributed by atoms with Gasteiger partial charge in [-0.15, -0.1) is 0 Å². The van der Waals surface area contributed by atoms with Crippen LogP contribution in [-0.2, 0) is 4.79 Å². The zero-order valence-corrected chi connectivity index (χ0v) is 12.0. The van der Waals surface area contributed by atoms with Crippen LogP contribution in [0.3, 0.4) is 0 Å². The lowest BCUT2D eigenvalue weighted by Gasteiger charge is -2.37. The fraction of sp³-hybridized carbons (Fsp3) is 0.923. The van der Waals surface area contributed by atoms with Crippen molar-refractivity contribution < 1.29 is 23.1 Å². The number of hydrogen-bond acceptors (Lipinski definition) is 3. The number of likely N-dealkylation sites (tertiary alicyclic amines) is 1. The van der Waals surface area contributed by atoms with E-state index in [1.807, 2.05) is 6.92 Å². The monoisotopic (exact) mass is 296 g/mol. The predicted octanol–water partition coefficient (Wildman–Crippen LogP) is 2.10. The molecule has 0 radical (unpaired) electrons. The number of halogens is 3. The lowest BCUT2D eigenvalue weighted by molar-refractivity contribution is -0.185. The quantitative estimate of drug-likeness (QED) is 0.788. The summed E-state index contributed by atoms with van der Waals surface area (Å²) in [6, 6.07) is 0. The molecule has 4 nitrogen and oxygen atoms in total. The Morgan fingerprint density at radius 2 is 1.90 bits per heavy atom. The fourth-order valence-electron chi connectivity index (χ4n) is 2.47. The number of nitrogens with one attached hydrogen (secondary N) is 1. The third-order valence-electron chi connectivity index (χ3n) is 3.83. The summed E-state index contributed by atoms with van der Waals surface area (Å²) < 4.78 is 37.7. The smallest absolute Gasteiger partial charge is 0.391 e. The molecule has 118 valence electrons. The lowest BCUT2D eigenvalue weighted by Crippen LogP contribution is -2.58. The average molecular weight is 296 g/mol. The molecule has 0 spiro atoms. The van der Waals surface area contributed by atoms with Crippen molar-refractivity contribution in [1.29, 1.82) is 0 Å². The summed E-state index contributed by atoms with van der Waals surface area (Å²) in [6.07, 6.45) is -3.23. The highest BCUT2D eigenvalue weighted by molar-refractivity contribution is 5.78. The molecule has 1 fully saturated rings. The minimum atomic E-state index is -4.14. The number of nitrogens with zero attached hydrogens (tertiary/aromatic N) is 1. The molecule has 1 rings (SSSR count). The fourth-order valence-corrected chi connectivity index (χ4v) is 2.47. The van der Waals surface area contributed by atoms with Gasteiger partial charge in [0, 0.05) is 6.54 Å². The van der Waals surface area contributed by atoms with E-state index in [2.05, 4.69) is 5.32 Å². The van der Waals surface area contributed by atoms with Crippen LogP contribution in [0.5, 0.6) is 0 Å². The van der Waals surface area contributed by atoms with E-state index in [1.54, 1.807) is 11.8 Å². The maximum Gasteiger partial charge on any atom is 0.391 e. The highest BCUT2D eigenvalue weighted by Crippen LogP contribution is 2.34. The third-order valence-corrected chi connectivity index (χ3v) is 3.83. The minimum absolute atomic E-state index is 0.0486. The largest absolute Gasteiger partial charge is 0.480 e. The lowest BCUT2D eigenvalue weighted by atomic mass is 9.94. The van der Waals surface area contributed by atoms with E-state index >= 15 is 0 Å². The van der Waals surface area contributed by atoms with Gasteiger partial charge in [0.25, 0.3) is 0 Å². The number of hydrogen-bond donors (Lipinski definition) is 2. The first-order valence-electron chi connectivity index (χ1n) is 6.96. The van der Waals surface area contributed by atoms with Gasteiger partial charge in [-0.2, -0.15) is 13.2 Å². The Kier molecular flexibility index (Phi) is 5.82. The van der Waals surface area contributed by atoms with E-state index in [9.17, 15) is 23.1 Å². The molecule has 0 amide bonds. The molecule has 0 bridgehead atoms. The zero-order valence-electron chi connectivity index (χ0n) is 12.0. The van der Waals surface area contributed by atoms with Crippen molar-refractivity contribution in [2.45, 2.75) is 44.8 Å². The first-order valence-corrected chi connectivity index (χ1v) is 6.96. The van der Waals surface area contributed by atoms with Crippen molar-refractivity contribution >= 4 is 5.97 Å². The normalized spacial score (nSPS) is 21.6. The standard InChI is InChI=1S/C13H23F3N2O2/c1-3-6-17-12(2,11(19)20)9-18-7-4-10(5-8-18)13(14,15)16/h10,17H,3-9H2,1-2H3,(H,19,20). The molecular formula is C13H23F3N2O2. The SMILES string of the molecule is CCCNC(C)(CN1CCC(C(F)(F)F)CC1)C(=O)O. The number of carbonyl (C=O) groups is 1. The van der Waals surface area contributed by atoms with E-state index < -0.39 is 23.6 Å². The van der Waals surface area contributed by atoms with Crippen LogP contribution in [0.2, 0.25) is 0 Å². The topological polar surface area (TPSA) is 52.6 Å². The molecule has 0 aromatic rings. The van der Waals surface area contributed by atoms with Crippen LogP contribution in [-0.4, -0.2) is 53.9 Å². The molecule has 1 heterocycles. The van der Waals surface area contributed by atoms with Gasteiger partial charge in [-0.05, 0) is 45.8 Å². The number of aliphatic carboxylic acids is 1. The summed E-state index contributed by atoms with van der Waals surface area (Å²) in [5.74, 6) is -2.22. The first kappa shape index (κ1) is 17.2. The first-order chi connectivity index (χ1) is 9.19. The molecule has 0 aliphatic carbocycles. The Morgan fingerprint density at radius 3 is 2.30 bits per heavy atom. The van der Waals surface area contributed by atoms with E-state index in [4.69, 9.17) is 0 Å². The van der Waals surface area contributed by atoms with E-state index in [0.29, 0.717) is 19.6 Å². The van der Waals surface area contributed by atoms with Gasteiger partial charge in [-0.3, -0.25) is 4.79 Å². The van der Waals surface area contributed by atoms with Crippen LogP contribution >= 0.6 is 0 Å². The summed E-state index contributed by atoms with van der Waals surface area (Å²) in [6.45, 7) is 4.90. The minimum Gasteiger partial charge on any atom is -0.480 e. The Balaban J connectivity index is 2.54. The highest BCUT2D eigenvalue weighted by Gasteiger charge is 2.42. The molecule has 0 saturated carbocycles. The van der Waals surface area contributed by atoms with Gasteiger partial charge in [-0.1, -0.05) is 6.92 Å². The highest BCUT2D eigenvalue weighted by atomic mass is 19.4. The molecule has 0 aromatic carbocycles. The zero-order chi connectivity index (χ0) is 15.4. The van der Waals surface area contributed by atoms with Gasteiger partial charge in [0.2, 0.25) is 0 Å². The van der Waals surface area contributed by atoms with Crippen LogP contribution in [0.25, 0.3) is 0 Å². The second-order valence-corrected chi connectivity index (χ2v) is 5.66. The maximum absolute atomic E-state index is 12.6. The molecule has 1 unspecified atom stereocenters. The van der Waals surface area contributed by atoms with Gasteiger partial charge in [0.1, 0.15) is 5.54 Å². The van der Waals surface area contributed by atoms with Crippen molar-refractivity contribution in [2.24, 2.45) is 5.92 Å². The summed E-state index contributed by atoms with van der Waals surface area (Å²) in [4.78, 5) is 13.2. The molecule has 1 atom stereocenters. The van der Waals surface area contributed by atoms with Crippen molar-refractivity contribution in [2.75, 3.05) is 26.2 Å². The Bertz CT molecular complexity index is 328. The second-order valence-electron chi connectivity index (χ2n) is 5.66. The summed E-state index contributed by atoms with van der Waals surface area (Å²) in [5.41, 5.74) is -1.11. The summed E-state index contributed by atoms with van der Waals surface area (Å²) >= 11 is 0. The molecule has 1 saturated heterocycles. The Labute approximate surface area is 117 Å². The number of rotatable bonds is 6. The van der Waals surface area contributed by atoms with E-state index in [0.717, 1.165) is 6.42 Å².